The highest BCUT2D eigenvalue weighted by molar-refractivity contribution is 7.88. The fourth-order valence-corrected chi connectivity index (χ4v) is 2.66. The maximum atomic E-state index is 11.3. The minimum absolute atomic E-state index is 0.557. The van der Waals surface area contributed by atoms with Crippen LogP contribution in [0.15, 0.2) is 24.5 Å². The van der Waals surface area contributed by atoms with Crippen molar-refractivity contribution in [2.24, 2.45) is 0 Å². The van der Waals surface area contributed by atoms with E-state index >= 15 is 0 Å². The largest absolute Gasteiger partial charge is 0.369 e. The summed E-state index contributed by atoms with van der Waals surface area (Å²) in [5.41, 5.74) is 1.10. The van der Waals surface area contributed by atoms with Crippen LogP contribution in [0, 0.1) is 0 Å². The molecule has 0 saturated carbocycles. The quantitative estimate of drug-likeness (QED) is 0.740. The maximum Gasteiger partial charge on any atom is 0.211 e. The minimum atomic E-state index is -3.04. The second-order valence-corrected chi connectivity index (χ2v) is 5.84. The van der Waals surface area contributed by atoms with Gasteiger partial charge in [-0.25, -0.2) is 8.42 Å². The van der Waals surface area contributed by atoms with Crippen molar-refractivity contribution in [2.75, 3.05) is 37.3 Å². The Morgan fingerprint density at radius 1 is 1.12 bits per heavy atom. The molecule has 0 aliphatic carbocycles. The molecule has 0 bridgehead atoms. The van der Waals surface area contributed by atoms with Crippen molar-refractivity contribution in [3.05, 3.63) is 24.5 Å². The minimum Gasteiger partial charge on any atom is -0.369 e. The lowest BCUT2D eigenvalue weighted by Crippen LogP contribution is -2.48. The number of sulfonamides is 1. The molecule has 1 saturated heterocycles. The van der Waals surface area contributed by atoms with Gasteiger partial charge in [0, 0.05) is 44.3 Å². The van der Waals surface area contributed by atoms with Gasteiger partial charge in [0.1, 0.15) is 0 Å². The summed E-state index contributed by atoms with van der Waals surface area (Å²) in [4.78, 5) is 6.13. The van der Waals surface area contributed by atoms with Gasteiger partial charge < -0.3 is 4.90 Å². The Hall–Kier alpha value is -1.14. The maximum absolute atomic E-state index is 11.3. The average Bonchev–Trinajstić information content (AvgIpc) is 2.29. The standard InChI is InChI=1S/C10H15N3O2S/c1-16(14,15)13-8-6-12(7-9-13)10-2-4-11-5-3-10/h2-5H,6-9H2,1H3. The smallest absolute Gasteiger partial charge is 0.211 e. The third-order valence-corrected chi connectivity index (χ3v) is 4.04. The lowest BCUT2D eigenvalue weighted by atomic mass is 10.3. The third kappa shape index (κ3) is 2.51. The van der Waals surface area contributed by atoms with Crippen LogP contribution in [0.3, 0.4) is 0 Å². The van der Waals surface area contributed by atoms with Crippen molar-refractivity contribution < 1.29 is 8.42 Å². The summed E-state index contributed by atoms with van der Waals surface area (Å²) in [5.74, 6) is 0. The summed E-state index contributed by atoms with van der Waals surface area (Å²) in [6.07, 6.45) is 4.76. The van der Waals surface area contributed by atoms with Gasteiger partial charge in [-0.15, -0.1) is 0 Å². The monoisotopic (exact) mass is 241 g/mol. The van der Waals surface area contributed by atoms with E-state index in [0.717, 1.165) is 18.8 Å². The molecule has 2 rings (SSSR count). The van der Waals surface area contributed by atoms with Crippen LogP contribution in [0.2, 0.25) is 0 Å². The molecule has 6 heteroatoms. The first-order valence-electron chi connectivity index (χ1n) is 5.17. The topological polar surface area (TPSA) is 53.5 Å². The number of piperazine rings is 1. The molecule has 0 atom stereocenters. The summed E-state index contributed by atoms with van der Waals surface area (Å²) in [6, 6.07) is 3.88. The highest BCUT2D eigenvalue weighted by Gasteiger charge is 2.23. The zero-order valence-corrected chi connectivity index (χ0v) is 10.0. The number of aromatic nitrogens is 1. The zero-order chi connectivity index (χ0) is 11.6. The second-order valence-electron chi connectivity index (χ2n) is 3.85. The molecule has 0 spiro atoms. The number of pyridine rings is 1. The summed E-state index contributed by atoms with van der Waals surface area (Å²) < 4.78 is 24.2. The van der Waals surface area contributed by atoms with Gasteiger partial charge in [-0.2, -0.15) is 4.31 Å². The highest BCUT2D eigenvalue weighted by Crippen LogP contribution is 2.15. The summed E-state index contributed by atoms with van der Waals surface area (Å²) in [6.45, 7) is 2.58. The van der Waals surface area contributed by atoms with Crippen molar-refractivity contribution in [1.29, 1.82) is 0 Å². The first-order chi connectivity index (χ1) is 7.57. The van der Waals surface area contributed by atoms with Gasteiger partial charge in [0.15, 0.2) is 0 Å². The van der Waals surface area contributed by atoms with Crippen molar-refractivity contribution >= 4 is 15.7 Å². The first kappa shape index (κ1) is 11.3. The molecule has 1 aromatic heterocycles. The lowest BCUT2D eigenvalue weighted by Gasteiger charge is -2.34. The van der Waals surface area contributed by atoms with Gasteiger partial charge in [0.05, 0.1) is 6.26 Å². The second kappa shape index (κ2) is 4.39. The Labute approximate surface area is 95.8 Å². The first-order valence-corrected chi connectivity index (χ1v) is 7.02. The van der Waals surface area contributed by atoms with Crippen LogP contribution in [0.25, 0.3) is 0 Å². The molecule has 1 aromatic rings. The number of anilines is 1. The molecule has 5 nitrogen and oxygen atoms in total. The van der Waals surface area contributed by atoms with Gasteiger partial charge in [0.25, 0.3) is 0 Å². The van der Waals surface area contributed by atoms with Gasteiger partial charge >= 0.3 is 0 Å². The Kier molecular flexibility index (Phi) is 3.11. The van der Waals surface area contributed by atoms with Gasteiger partial charge in [-0.3, -0.25) is 4.98 Å². The molecule has 0 N–H and O–H groups in total. The predicted molar refractivity (Wildman–Crippen MR) is 62.9 cm³/mol. The molecular weight excluding hydrogens is 226 g/mol. The fourth-order valence-electron chi connectivity index (χ4n) is 1.83. The van der Waals surface area contributed by atoms with Gasteiger partial charge in [-0.05, 0) is 12.1 Å². The van der Waals surface area contributed by atoms with E-state index in [1.54, 1.807) is 12.4 Å². The third-order valence-electron chi connectivity index (χ3n) is 2.74. The summed E-state index contributed by atoms with van der Waals surface area (Å²) in [7, 11) is -3.04. The lowest BCUT2D eigenvalue weighted by molar-refractivity contribution is 0.388. The van der Waals surface area contributed by atoms with Gasteiger partial charge in [0.2, 0.25) is 10.0 Å². The molecule has 2 heterocycles. The van der Waals surface area contributed by atoms with Crippen molar-refractivity contribution in [3.63, 3.8) is 0 Å². The Balaban J connectivity index is 2.01. The molecule has 0 radical (unpaired) electrons. The zero-order valence-electron chi connectivity index (χ0n) is 9.20. The average molecular weight is 241 g/mol. The molecule has 1 aliphatic heterocycles. The Morgan fingerprint density at radius 3 is 2.19 bits per heavy atom. The van der Waals surface area contributed by atoms with Crippen LogP contribution in [0.5, 0.6) is 0 Å². The predicted octanol–water partition coefficient (Wildman–Crippen LogP) is 0.163. The molecule has 0 aromatic carbocycles. The fraction of sp³-hybridized carbons (Fsp3) is 0.500. The van der Waals surface area contributed by atoms with Crippen molar-refractivity contribution in [1.82, 2.24) is 9.29 Å². The molecule has 1 aliphatic rings. The SMILES string of the molecule is CS(=O)(=O)N1CCN(c2ccncc2)CC1. The van der Waals surface area contributed by atoms with Crippen LogP contribution in [-0.2, 0) is 10.0 Å². The summed E-state index contributed by atoms with van der Waals surface area (Å²) >= 11 is 0. The number of hydrogen-bond donors (Lipinski definition) is 0. The van der Waals surface area contributed by atoms with E-state index in [9.17, 15) is 8.42 Å². The van der Waals surface area contributed by atoms with Crippen LogP contribution < -0.4 is 4.90 Å². The van der Waals surface area contributed by atoms with E-state index in [1.807, 2.05) is 12.1 Å². The highest BCUT2D eigenvalue weighted by atomic mass is 32.2. The molecule has 88 valence electrons. The number of hydrogen-bond acceptors (Lipinski definition) is 4. The van der Waals surface area contributed by atoms with Crippen molar-refractivity contribution in [3.8, 4) is 0 Å². The molecule has 0 unspecified atom stereocenters. The van der Waals surface area contributed by atoms with Crippen LogP contribution in [-0.4, -0.2) is 50.1 Å². The molecule has 1 fully saturated rings. The van der Waals surface area contributed by atoms with E-state index in [0.29, 0.717) is 13.1 Å². The van der Waals surface area contributed by atoms with Gasteiger partial charge in [-0.1, -0.05) is 0 Å². The van der Waals surface area contributed by atoms with Crippen molar-refractivity contribution in [2.45, 2.75) is 0 Å². The molecule has 0 amide bonds. The molecule has 16 heavy (non-hydrogen) atoms. The van der Waals surface area contributed by atoms with Crippen LogP contribution in [0.4, 0.5) is 5.69 Å². The number of nitrogens with zero attached hydrogens (tertiary/aromatic N) is 3. The van der Waals surface area contributed by atoms with Crippen LogP contribution in [0.1, 0.15) is 0 Å². The van der Waals surface area contributed by atoms with E-state index in [2.05, 4.69) is 9.88 Å². The van der Waals surface area contributed by atoms with E-state index in [-0.39, 0.29) is 0 Å². The summed E-state index contributed by atoms with van der Waals surface area (Å²) in [5, 5.41) is 0. The molecular formula is C10H15N3O2S. The Morgan fingerprint density at radius 2 is 1.69 bits per heavy atom. The van der Waals surface area contributed by atoms with E-state index < -0.39 is 10.0 Å². The van der Waals surface area contributed by atoms with E-state index in [4.69, 9.17) is 0 Å². The van der Waals surface area contributed by atoms with Crippen LogP contribution >= 0.6 is 0 Å². The normalized spacial score (nSPS) is 18.7. The van der Waals surface area contributed by atoms with E-state index in [1.165, 1.54) is 10.6 Å². The number of rotatable bonds is 2. The Bertz CT molecular complexity index is 438.